The third-order valence-electron chi connectivity index (χ3n) is 3.76. The molecule has 0 unspecified atom stereocenters. The Hall–Kier alpha value is -2.01. The van der Waals surface area contributed by atoms with Gasteiger partial charge >= 0.3 is 0 Å². The van der Waals surface area contributed by atoms with Crippen LogP contribution < -0.4 is 5.32 Å². The minimum absolute atomic E-state index is 0.521. The second kappa shape index (κ2) is 5.32. The van der Waals surface area contributed by atoms with Crippen LogP contribution in [0.5, 0.6) is 0 Å². The fourth-order valence-electron chi connectivity index (χ4n) is 2.38. The van der Waals surface area contributed by atoms with Crippen molar-refractivity contribution in [1.82, 2.24) is 5.32 Å². The van der Waals surface area contributed by atoms with E-state index in [0.717, 1.165) is 17.7 Å². The molecule has 1 amide bonds. The Kier molecular flexibility index (Phi) is 3.60. The summed E-state index contributed by atoms with van der Waals surface area (Å²) < 4.78 is 39.8. The lowest BCUT2D eigenvalue weighted by Gasteiger charge is -2.18. The maximum Gasteiger partial charge on any atom is 0.255 e. The Morgan fingerprint density at radius 3 is 2.45 bits per heavy atom. The van der Waals surface area contributed by atoms with Gasteiger partial charge in [-0.05, 0) is 42.7 Å². The number of amides is 1. The number of nitrogens with one attached hydrogen (secondary N) is 1. The normalized spacial score (nSPS) is 15.5. The molecule has 114 valence electrons. The van der Waals surface area contributed by atoms with Crippen LogP contribution in [0.15, 0.2) is 36.4 Å². The first-order valence-electron chi connectivity index (χ1n) is 6.65. The largest absolute Gasteiger partial charge is 0.342 e. The number of benzene rings is 2. The number of carbonyl (C=O) groups excluding carboxylic acids is 1. The zero-order valence-electron chi connectivity index (χ0n) is 11.3. The Balaban J connectivity index is 1.87. The van der Waals surface area contributed by atoms with Gasteiger partial charge in [0.1, 0.15) is 0 Å². The Morgan fingerprint density at radius 1 is 1.09 bits per heavy atom. The zero-order valence-corrected chi connectivity index (χ0v) is 12.1. The van der Waals surface area contributed by atoms with E-state index in [-0.39, 0.29) is 0 Å². The monoisotopic (exact) mass is 325 g/mol. The first-order valence-corrected chi connectivity index (χ1v) is 7.03. The van der Waals surface area contributed by atoms with Gasteiger partial charge in [0.15, 0.2) is 17.5 Å². The van der Waals surface area contributed by atoms with Crippen LogP contribution in [0.3, 0.4) is 0 Å². The number of hydrogen-bond donors (Lipinski definition) is 1. The molecule has 0 bridgehead atoms. The SMILES string of the molecule is O=C(NC1(c2cccc(Cl)c2)CC1)c1ccc(F)c(F)c1F. The van der Waals surface area contributed by atoms with Crippen molar-refractivity contribution in [1.29, 1.82) is 0 Å². The molecule has 1 aliphatic carbocycles. The van der Waals surface area contributed by atoms with Crippen molar-refractivity contribution < 1.29 is 18.0 Å². The Labute approximate surface area is 129 Å². The van der Waals surface area contributed by atoms with Crippen molar-refractivity contribution in [2.45, 2.75) is 18.4 Å². The van der Waals surface area contributed by atoms with Crippen LogP contribution >= 0.6 is 11.6 Å². The molecule has 0 aromatic heterocycles. The van der Waals surface area contributed by atoms with Crippen LogP contribution in [0.25, 0.3) is 0 Å². The summed E-state index contributed by atoms with van der Waals surface area (Å²) in [4.78, 5) is 12.2. The van der Waals surface area contributed by atoms with Crippen LogP contribution in [0.1, 0.15) is 28.8 Å². The molecule has 0 saturated heterocycles. The van der Waals surface area contributed by atoms with E-state index < -0.39 is 34.5 Å². The molecule has 2 nitrogen and oxygen atoms in total. The van der Waals surface area contributed by atoms with Gasteiger partial charge in [-0.15, -0.1) is 0 Å². The van der Waals surface area contributed by atoms with Gasteiger partial charge in [0.25, 0.3) is 5.91 Å². The van der Waals surface area contributed by atoms with Crippen LogP contribution in [0.2, 0.25) is 5.02 Å². The third kappa shape index (κ3) is 2.57. The average molecular weight is 326 g/mol. The van der Waals surface area contributed by atoms with Crippen molar-refractivity contribution in [3.8, 4) is 0 Å². The second-order valence-electron chi connectivity index (χ2n) is 5.27. The fourth-order valence-corrected chi connectivity index (χ4v) is 2.57. The van der Waals surface area contributed by atoms with E-state index in [1.807, 2.05) is 0 Å². The summed E-state index contributed by atoms with van der Waals surface area (Å²) in [7, 11) is 0. The molecule has 22 heavy (non-hydrogen) atoms. The molecule has 2 aromatic rings. The van der Waals surface area contributed by atoms with Gasteiger partial charge in [0, 0.05) is 5.02 Å². The highest BCUT2D eigenvalue weighted by atomic mass is 35.5. The lowest BCUT2D eigenvalue weighted by molar-refractivity contribution is 0.0925. The van der Waals surface area contributed by atoms with E-state index in [2.05, 4.69) is 5.32 Å². The predicted molar refractivity (Wildman–Crippen MR) is 76.1 cm³/mol. The molecule has 1 saturated carbocycles. The molecule has 1 aliphatic rings. The quantitative estimate of drug-likeness (QED) is 0.843. The van der Waals surface area contributed by atoms with Crippen molar-refractivity contribution in [2.24, 2.45) is 0 Å². The smallest absolute Gasteiger partial charge is 0.255 e. The summed E-state index contributed by atoms with van der Waals surface area (Å²) in [5.41, 5.74) is -0.345. The highest BCUT2D eigenvalue weighted by Gasteiger charge is 2.46. The zero-order chi connectivity index (χ0) is 15.9. The molecular formula is C16H11ClF3NO. The molecule has 0 spiro atoms. The van der Waals surface area contributed by atoms with E-state index in [1.54, 1.807) is 24.3 Å². The van der Waals surface area contributed by atoms with Crippen molar-refractivity contribution >= 4 is 17.5 Å². The molecule has 0 heterocycles. The minimum atomic E-state index is -1.65. The van der Waals surface area contributed by atoms with Gasteiger partial charge in [-0.3, -0.25) is 4.79 Å². The Bertz CT molecular complexity index is 759. The maximum atomic E-state index is 13.7. The van der Waals surface area contributed by atoms with Crippen molar-refractivity contribution in [3.05, 3.63) is 70.0 Å². The molecule has 1 fully saturated rings. The topological polar surface area (TPSA) is 29.1 Å². The predicted octanol–water partition coefficient (Wildman–Crippen LogP) is 4.18. The van der Waals surface area contributed by atoms with E-state index in [4.69, 9.17) is 11.6 Å². The van der Waals surface area contributed by atoms with E-state index in [9.17, 15) is 18.0 Å². The summed E-state index contributed by atoms with van der Waals surface area (Å²) >= 11 is 5.93. The highest BCUT2D eigenvalue weighted by Crippen LogP contribution is 2.46. The summed E-state index contributed by atoms with van der Waals surface area (Å²) in [5.74, 6) is -5.25. The van der Waals surface area contributed by atoms with Gasteiger partial charge in [-0.2, -0.15) is 0 Å². The van der Waals surface area contributed by atoms with Crippen molar-refractivity contribution in [2.75, 3.05) is 0 Å². The Morgan fingerprint density at radius 2 is 1.82 bits per heavy atom. The van der Waals surface area contributed by atoms with Crippen molar-refractivity contribution in [3.63, 3.8) is 0 Å². The molecule has 6 heteroatoms. The van der Waals surface area contributed by atoms with Crippen LogP contribution in [0.4, 0.5) is 13.2 Å². The number of carbonyl (C=O) groups is 1. The molecule has 2 aromatic carbocycles. The summed E-state index contributed by atoms with van der Waals surface area (Å²) in [6.07, 6.45) is 1.34. The molecular weight excluding hydrogens is 315 g/mol. The van der Waals surface area contributed by atoms with E-state index >= 15 is 0 Å². The molecule has 0 radical (unpaired) electrons. The maximum absolute atomic E-state index is 13.7. The molecule has 3 rings (SSSR count). The fraction of sp³-hybridized carbons (Fsp3) is 0.188. The van der Waals surface area contributed by atoms with Crippen LogP contribution in [-0.2, 0) is 5.54 Å². The van der Waals surface area contributed by atoms with E-state index in [0.29, 0.717) is 17.9 Å². The average Bonchev–Trinajstić information content (AvgIpc) is 3.25. The standard InChI is InChI=1S/C16H11ClF3NO/c17-10-3-1-2-9(8-10)16(6-7-16)21-15(22)11-4-5-12(18)14(20)13(11)19/h1-5,8H,6-7H2,(H,21,22). The van der Waals surface area contributed by atoms with Gasteiger partial charge in [0.05, 0.1) is 11.1 Å². The second-order valence-corrected chi connectivity index (χ2v) is 5.71. The first kappa shape index (κ1) is 14.9. The lowest BCUT2D eigenvalue weighted by atomic mass is 10.0. The van der Waals surface area contributed by atoms with Gasteiger partial charge < -0.3 is 5.32 Å². The summed E-state index contributed by atoms with van der Waals surface area (Å²) in [6.45, 7) is 0. The van der Waals surface area contributed by atoms with Gasteiger partial charge in [-0.1, -0.05) is 23.7 Å². The first-order chi connectivity index (χ1) is 10.4. The summed E-state index contributed by atoms with van der Waals surface area (Å²) in [5, 5.41) is 3.21. The van der Waals surface area contributed by atoms with Crippen LogP contribution in [0, 0.1) is 17.5 Å². The third-order valence-corrected chi connectivity index (χ3v) is 3.99. The molecule has 0 aliphatic heterocycles. The van der Waals surface area contributed by atoms with Gasteiger partial charge in [0.2, 0.25) is 0 Å². The molecule has 0 atom stereocenters. The number of halogens is 4. The van der Waals surface area contributed by atoms with E-state index in [1.165, 1.54) is 0 Å². The minimum Gasteiger partial charge on any atom is -0.342 e. The lowest BCUT2D eigenvalue weighted by Crippen LogP contribution is -2.35. The summed E-state index contributed by atoms with van der Waals surface area (Å²) in [6, 6.07) is 8.64. The number of rotatable bonds is 3. The van der Waals surface area contributed by atoms with Gasteiger partial charge in [-0.25, -0.2) is 13.2 Å². The van der Waals surface area contributed by atoms with Crippen LogP contribution in [-0.4, -0.2) is 5.91 Å². The number of hydrogen-bond acceptors (Lipinski definition) is 1. The molecule has 1 N–H and O–H groups in total. The highest BCUT2D eigenvalue weighted by molar-refractivity contribution is 6.30.